The Morgan fingerprint density at radius 1 is 1.38 bits per heavy atom. The fraction of sp³-hybridized carbons (Fsp3) is 0.273. The first kappa shape index (κ1) is 11.0. The van der Waals surface area contributed by atoms with E-state index < -0.39 is 0 Å². The summed E-state index contributed by atoms with van der Waals surface area (Å²) in [5.74, 6) is -0.193. The van der Waals surface area contributed by atoms with Crippen LogP contribution in [0.5, 0.6) is 0 Å². The number of piperazine rings is 1. The lowest BCUT2D eigenvalue weighted by molar-refractivity contribution is -0.141. The SMILES string of the molecule is O=C1CN(Cc2cccc(Cl)c2)C(=O)CN1. The maximum Gasteiger partial charge on any atom is 0.242 e. The molecule has 1 fully saturated rings. The van der Waals surface area contributed by atoms with E-state index in [1.807, 2.05) is 12.1 Å². The molecule has 0 spiro atoms. The molecule has 84 valence electrons. The third kappa shape index (κ3) is 2.52. The van der Waals surface area contributed by atoms with E-state index in [4.69, 9.17) is 11.6 Å². The number of benzene rings is 1. The van der Waals surface area contributed by atoms with E-state index in [9.17, 15) is 9.59 Å². The molecule has 0 aliphatic carbocycles. The second kappa shape index (κ2) is 4.53. The van der Waals surface area contributed by atoms with Gasteiger partial charge in [0.05, 0.1) is 13.1 Å². The summed E-state index contributed by atoms with van der Waals surface area (Å²) < 4.78 is 0. The fourth-order valence-electron chi connectivity index (χ4n) is 1.60. The maximum atomic E-state index is 11.5. The van der Waals surface area contributed by atoms with Gasteiger partial charge in [0.1, 0.15) is 0 Å². The highest BCUT2D eigenvalue weighted by Gasteiger charge is 2.22. The molecule has 1 heterocycles. The van der Waals surface area contributed by atoms with Crippen molar-refractivity contribution >= 4 is 23.4 Å². The Morgan fingerprint density at radius 2 is 2.19 bits per heavy atom. The van der Waals surface area contributed by atoms with E-state index in [-0.39, 0.29) is 24.9 Å². The van der Waals surface area contributed by atoms with Crippen LogP contribution in [0.3, 0.4) is 0 Å². The topological polar surface area (TPSA) is 49.4 Å². The van der Waals surface area contributed by atoms with Gasteiger partial charge in [0.25, 0.3) is 0 Å². The molecule has 2 amide bonds. The van der Waals surface area contributed by atoms with Gasteiger partial charge < -0.3 is 10.2 Å². The molecule has 0 bridgehead atoms. The average molecular weight is 239 g/mol. The lowest BCUT2D eigenvalue weighted by atomic mass is 10.2. The van der Waals surface area contributed by atoms with E-state index >= 15 is 0 Å². The molecular weight excluding hydrogens is 228 g/mol. The van der Waals surface area contributed by atoms with Gasteiger partial charge in [0.2, 0.25) is 11.8 Å². The molecule has 16 heavy (non-hydrogen) atoms. The molecule has 1 aromatic carbocycles. The van der Waals surface area contributed by atoms with Crippen molar-refractivity contribution in [1.82, 2.24) is 10.2 Å². The van der Waals surface area contributed by atoms with Crippen LogP contribution in [-0.2, 0) is 16.1 Å². The third-order valence-corrected chi connectivity index (χ3v) is 2.62. The van der Waals surface area contributed by atoms with Crippen molar-refractivity contribution in [2.45, 2.75) is 6.54 Å². The van der Waals surface area contributed by atoms with E-state index in [0.29, 0.717) is 11.6 Å². The van der Waals surface area contributed by atoms with Crippen molar-refractivity contribution in [3.8, 4) is 0 Å². The van der Waals surface area contributed by atoms with Gasteiger partial charge in [0, 0.05) is 11.6 Å². The Morgan fingerprint density at radius 3 is 2.94 bits per heavy atom. The monoisotopic (exact) mass is 238 g/mol. The number of amides is 2. The second-order valence-electron chi connectivity index (χ2n) is 3.66. The van der Waals surface area contributed by atoms with Crippen LogP contribution in [-0.4, -0.2) is 29.8 Å². The summed E-state index contributed by atoms with van der Waals surface area (Å²) in [6.07, 6.45) is 0. The fourth-order valence-corrected chi connectivity index (χ4v) is 1.82. The van der Waals surface area contributed by atoms with Crippen LogP contribution in [0.1, 0.15) is 5.56 Å². The molecule has 1 N–H and O–H groups in total. The highest BCUT2D eigenvalue weighted by Crippen LogP contribution is 2.13. The predicted octanol–water partition coefficient (Wildman–Crippen LogP) is 0.798. The largest absolute Gasteiger partial charge is 0.345 e. The second-order valence-corrected chi connectivity index (χ2v) is 4.09. The Balaban J connectivity index is 2.08. The van der Waals surface area contributed by atoms with Crippen molar-refractivity contribution in [1.29, 1.82) is 0 Å². The van der Waals surface area contributed by atoms with E-state index in [1.54, 1.807) is 12.1 Å². The molecule has 1 saturated heterocycles. The number of hydrogen-bond donors (Lipinski definition) is 1. The lowest BCUT2D eigenvalue weighted by Crippen LogP contribution is -2.50. The zero-order valence-electron chi connectivity index (χ0n) is 8.57. The molecule has 0 radical (unpaired) electrons. The van der Waals surface area contributed by atoms with Crippen molar-refractivity contribution in [2.75, 3.05) is 13.1 Å². The molecule has 1 aliphatic heterocycles. The summed E-state index contributed by atoms with van der Waals surface area (Å²) in [5.41, 5.74) is 0.926. The molecule has 2 rings (SSSR count). The van der Waals surface area contributed by atoms with Crippen molar-refractivity contribution in [3.63, 3.8) is 0 Å². The molecule has 5 heteroatoms. The molecule has 1 aromatic rings. The molecular formula is C11H11ClN2O2. The van der Waals surface area contributed by atoms with Crippen molar-refractivity contribution in [3.05, 3.63) is 34.9 Å². The standard InChI is InChI=1S/C11H11ClN2O2/c12-9-3-1-2-8(4-9)6-14-7-10(15)13-5-11(14)16/h1-4H,5-7H2,(H,13,15). The Bertz CT molecular complexity index is 434. The first-order chi connectivity index (χ1) is 7.65. The van der Waals surface area contributed by atoms with Crippen LogP contribution in [0.4, 0.5) is 0 Å². The third-order valence-electron chi connectivity index (χ3n) is 2.39. The molecule has 0 aromatic heterocycles. The Labute approximate surface area is 98.2 Å². The maximum absolute atomic E-state index is 11.5. The van der Waals surface area contributed by atoms with Crippen LogP contribution in [0.25, 0.3) is 0 Å². The highest BCUT2D eigenvalue weighted by molar-refractivity contribution is 6.30. The highest BCUT2D eigenvalue weighted by atomic mass is 35.5. The van der Waals surface area contributed by atoms with Gasteiger partial charge >= 0.3 is 0 Å². The van der Waals surface area contributed by atoms with Crippen LogP contribution < -0.4 is 5.32 Å². The minimum atomic E-state index is -0.123. The van der Waals surface area contributed by atoms with Gasteiger partial charge in [0.15, 0.2) is 0 Å². The zero-order valence-corrected chi connectivity index (χ0v) is 9.33. The number of hydrogen-bond acceptors (Lipinski definition) is 2. The van der Waals surface area contributed by atoms with E-state index in [2.05, 4.69) is 5.32 Å². The summed E-state index contributed by atoms with van der Waals surface area (Å²) in [5, 5.41) is 3.13. The summed E-state index contributed by atoms with van der Waals surface area (Å²) in [6.45, 7) is 0.623. The summed E-state index contributed by atoms with van der Waals surface area (Å²) in [7, 11) is 0. The number of halogens is 1. The zero-order chi connectivity index (χ0) is 11.5. The van der Waals surface area contributed by atoms with E-state index in [1.165, 1.54) is 4.90 Å². The number of nitrogens with zero attached hydrogens (tertiary/aromatic N) is 1. The predicted molar refractivity (Wildman–Crippen MR) is 59.9 cm³/mol. The summed E-state index contributed by atoms with van der Waals surface area (Å²) in [4.78, 5) is 24.2. The van der Waals surface area contributed by atoms with Crippen LogP contribution in [0, 0.1) is 0 Å². The molecule has 0 atom stereocenters. The lowest BCUT2D eigenvalue weighted by Gasteiger charge is -2.26. The Hall–Kier alpha value is -1.55. The van der Waals surface area contributed by atoms with Gasteiger partial charge in [-0.2, -0.15) is 0 Å². The number of carbonyl (C=O) groups is 2. The average Bonchev–Trinajstić information content (AvgIpc) is 2.24. The minimum absolute atomic E-state index is 0.0698. The van der Waals surface area contributed by atoms with Gasteiger partial charge in [-0.05, 0) is 17.7 Å². The quantitative estimate of drug-likeness (QED) is 0.829. The number of carbonyl (C=O) groups excluding carboxylic acids is 2. The van der Waals surface area contributed by atoms with Gasteiger partial charge in [-0.3, -0.25) is 9.59 Å². The van der Waals surface area contributed by atoms with Crippen molar-refractivity contribution in [2.24, 2.45) is 0 Å². The molecule has 0 unspecified atom stereocenters. The van der Waals surface area contributed by atoms with Gasteiger partial charge in [-0.25, -0.2) is 0 Å². The molecule has 0 saturated carbocycles. The van der Waals surface area contributed by atoms with E-state index in [0.717, 1.165) is 5.56 Å². The minimum Gasteiger partial charge on any atom is -0.345 e. The number of rotatable bonds is 2. The Kier molecular flexibility index (Phi) is 3.10. The first-order valence-electron chi connectivity index (χ1n) is 4.94. The van der Waals surface area contributed by atoms with Crippen LogP contribution >= 0.6 is 11.6 Å². The van der Waals surface area contributed by atoms with Crippen LogP contribution in [0.2, 0.25) is 5.02 Å². The summed E-state index contributed by atoms with van der Waals surface area (Å²) in [6, 6.07) is 7.27. The van der Waals surface area contributed by atoms with Gasteiger partial charge in [-0.15, -0.1) is 0 Å². The van der Waals surface area contributed by atoms with Crippen LogP contribution in [0.15, 0.2) is 24.3 Å². The normalized spacial score (nSPS) is 16.2. The molecule has 4 nitrogen and oxygen atoms in total. The summed E-state index contributed by atoms with van der Waals surface area (Å²) >= 11 is 5.84. The number of nitrogens with one attached hydrogen (secondary N) is 1. The smallest absolute Gasteiger partial charge is 0.242 e. The molecule has 1 aliphatic rings. The van der Waals surface area contributed by atoms with Crippen molar-refractivity contribution < 1.29 is 9.59 Å². The first-order valence-corrected chi connectivity index (χ1v) is 5.32. The van der Waals surface area contributed by atoms with Gasteiger partial charge in [-0.1, -0.05) is 23.7 Å².